The number of nitrogens with zero attached hydrogens (tertiary/aromatic N) is 2. The normalized spacial score (nSPS) is 19.2. The van der Waals surface area contributed by atoms with E-state index in [0.717, 1.165) is 24.5 Å². The fourth-order valence-electron chi connectivity index (χ4n) is 3.97. The molecule has 1 atom stereocenters. The van der Waals surface area contributed by atoms with Gasteiger partial charge in [0.2, 0.25) is 0 Å². The predicted octanol–water partition coefficient (Wildman–Crippen LogP) is 4.28. The topological polar surface area (TPSA) is 83.0 Å². The fourth-order valence-corrected chi connectivity index (χ4v) is 5.20. The number of hydrogen-bond acceptors (Lipinski definition) is 6. The Bertz CT molecular complexity index is 1160. The maximum Gasteiger partial charge on any atom is 0.261 e. The summed E-state index contributed by atoms with van der Waals surface area (Å²) in [7, 11) is -3.98. The van der Waals surface area contributed by atoms with Crippen LogP contribution < -0.4 is 10.1 Å². The minimum absolute atomic E-state index is 0.0703. The Morgan fingerprint density at radius 3 is 2.61 bits per heavy atom. The SMILES string of the molecule is CC(C)(C)c1ccc(S(=O)(=O)Nc2cc(F)c(Cl)cc2C2=NNCN2C2CCCOC2)cc1. The lowest BCUT2D eigenvalue weighted by Crippen LogP contribution is -2.44. The highest BCUT2D eigenvalue weighted by atomic mass is 35.5. The van der Waals surface area contributed by atoms with Gasteiger partial charge in [0.15, 0.2) is 5.84 Å². The molecule has 0 radical (unpaired) electrons. The average molecular weight is 495 g/mol. The molecule has 0 amide bonds. The molecule has 2 heterocycles. The van der Waals surface area contributed by atoms with Crippen LogP contribution in [-0.2, 0) is 20.2 Å². The lowest BCUT2D eigenvalue weighted by Gasteiger charge is -2.33. The van der Waals surface area contributed by atoms with Crippen molar-refractivity contribution in [3.63, 3.8) is 0 Å². The molecule has 0 saturated carbocycles. The van der Waals surface area contributed by atoms with Crippen molar-refractivity contribution in [3.8, 4) is 0 Å². The van der Waals surface area contributed by atoms with E-state index in [0.29, 0.717) is 31.3 Å². The van der Waals surface area contributed by atoms with Gasteiger partial charge in [-0.15, -0.1) is 0 Å². The summed E-state index contributed by atoms with van der Waals surface area (Å²) >= 11 is 6.08. The van der Waals surface area contributed by atoms with Gasteiger partial charge in [-0.1, -0.05) is 44.5 Å². The maximum absolute atomic E-state index is 14.4. The first-order valence-electron chi connectivity index (χ1n) is 10.8. The Balaban J connectivity index is 1.67. The molecule has 178 valence electrons. The molecular weight excluding hydrogens is 467 g/mol. The number of anilines is 1. The molecule has 0 aliphatic carbocycles. The van der Waals surface area contributed by atoms with Gasteiger partial charge in [-0.3, -0.25) is 10.1 Å². The van der Waals surface area contributed by atoms with Crippen molar-refractivity contribution < 1.29 is 17.5 Å². The highest BCUT2D eigenvalue weighted by molar-refractivity contribution is 7.92. The van der Waals surface area contributed by atoms with Crippen molar-refractivity contribution in [2.75, 3.05) is 24.6 Å². The molecule has 0 aromatic heterocycles. The molecule has 0 spiro atoms. The Kier molecular flexibility index (Phi) is 6.57. The van der Waals surface area contributed by atoms with Gasteiger partial charge in [-0.05, 0) is 42.0 Å². The van der Waals surface area contributed by atoms with Crippen LogP contribution in [0.2, 0.25) is 5.02 Å². The Morgan fingerprint density at radius 1 is 1.24 bits per heavy atom. The molecule has 2 N–H and O–H groups in total. The summed E-state index contributed by atoms with van der Waals surface area (Å²) in [6.07, 6.45) is 1.83. The number of rotatable bonds is 5. The third-order valence-electron chi connectivity index (χ3n) is 5.85. The number of sulfonamides is 1. The number of halogens is 2. The van der Waals surface area contributed by atoms with Crippen LogP contribution >= 0.6 is 11.6 Å². The Hall–Kier alpha value is -2.36. The standard InChI is InChI=1S/C23H28ClFN4O3S/c1-23(2,3)15-6-8-17(9-7-15)33(30,31)28-21-12-20(25)19(24)11-18(21)22-27-26-14-29(22)16-5-4-10-32-13-16/h6-9,11-12,16,26,28H,4-5,10,13-14H2,1-3H3. The molecular formula is C23H28ClFN4O3S. The van der Waals surface area contributed by atoms with Crippen LogP contribution in [0, 0.1) is 5.82 Å². The summed E-state index contributed by atoms with van der Waals surface area (Å²) in [5.74, 6) is -0.228. The minimum atomic E-state index is -3.98. The summed E-state index contributed by atoms with van der Waals surface area (Å²) < 4.78 is 48.8. The molecule has 33 heavy (non-hydrogen) atoms. The zero-order chi connectivity index (χ0) is 23.8. The predicted molar refractivity (Wildman–Crippen MR) is 128 cm³/mol. The molecule has 2 aliphatic rings. The summed E-state index contributed by atoms with van der Waals surface area (Å²) in [4.78, 5) is 2.08. The Morgan fingerprint density at radius 2 is 1.97 bits per heavy atom. The zero-order valence-corrected chi connectivity index (χ0v) is 20.4. The molecule has 7 nitrogen and oxygen atoms in total. The number of nitrogens with one attached hydrogen (secondary N) is 2. The first-order valence-corrected chi connectivity index (χ1v) is 12.7. The summed E-state index contributed by atoms with van der Waals surface area (Å²) in [6, 6.07) is 9.24. The number of hydrazone groups is 1. The first-order chi connectivity index (χ1) is 15.6. The van der Waals surface area contributed by atoms with E-state index in [1.54, 1.807) is 24.3 Å². The van der Waals surface area contributed by atoms with Crippen molar-refractivity contribution in [1.29, 1.82) is 0 Å². The monoisotopic (exact) mass is 494 g/mol. The third-order valence-corrected chi connectivity index (χ3v) is 7.52. The van der Waals surface area contributed by atoms with Gasteiger partial charge in [0, 0.05) is 18.2 Å². The highest BCUT2D eigenvalue weighted by Crippen LogP contribution is 2.31. The van der Waals surface area contributed by atoms with E-state index in [4.69, 9.17) is 16.3 Å². The van der Waals surface area contributed by atoms with Gasteiger partial charge in [0.05, 0.1) is 28.3 Å². The molecule has 0 bridgehead atoms. The van der Waals surface area contributed by atoms with Crippen molar-refractivity contribution in [3.05, 3.63) is 58.4 Å². The second-order valence-electron chi connectivity index (χ2n) is 9.28. The second kappa shape index (κ2) is 9.12. The summed E-state index contributed by atoms with van der Waals surface area (Å²) in [5.41, 5.74) is 4.31. The highest BCUT2D eigenvalue weighted by Gasteiger charge is 2.31. The molecule has 1 saturated heterocycles. The number of amidine groups is 1. The molecule has 2 aliphatic heterocycles. The first kappa shape index (κ1) is 23.8. The number of benzene rings is 2. The molecule has 4 rings (SSSR count). The average Bonchev–Trinajstić information content (AvgIpc) is 3.26. The van der Waals surface area contributed by atoms with Gasteiger partial charge in [-0.2, -0.15) is 5.10 Å². The van der Waals surface area contributed by atoms with Gasteiger partial charge in [0.1, 0.15) is 12.5 Å². The van der Waals surface area contributed by atoms with Crippen molar-refractivity contribution in [2.24, 2.45) is 5.10 Å². The van der Waals surface area contributed by atoms with E-state index in [2.05, 4.69) is 36.0 Å². The molecule has 2 aromatic carbocycles. The van der Waals surface area contributed by atoms with E-state index in [1.165, 1.54) is 6.07 Å². The molecule has 10 heteroatoms. The van der Waals surface area contributed by atoms with Gasteiger partial charge in [0.25, 0.3) is 10.0 Å². The van der Waals surface area contributed by atoms with Crippen LogP contribution in [0.4, 0.5) is 10.1 Å². The van der Waals surface area contributed by atoms with E-state index in [-0.39, 0.29) is 27.1 Å². The van der Waals surface area contributed by atoms with Crippen LogP contribution in [0.25, 0.3) is 0 Å². The molecule has 1 unspecified atom stereocenters. The van der Waals surface area contributed by atoms with Crippen LogP contribution in [0.3, 0.4) is 0 Å². The van der Waals surface area contributed by atoms with Crippen molar-refractivity contribution >= 4 is 33.1 Å². The third kappa shape index (κ3) is 5.10. The second-order valence-corrected chi connectivity index (χ2v) is 11.4. The van der Waals surface area contributed by atoms with Crippen LogP contribution in [0.1, 0.15) is 44.7 Å². The van der Waals surface area contributed by atoms with Gasteiger partial charge in [-0.25, -0.2) is 12.8 Å². The quantitative estimate of drug-likeness (QED) is 0.648. The van der Waals surface area contributed by atoms with Crippen LogP contribution in [0.5, 0.6) is 0 Å². The minimum Gasteiger partial charge on any atom is -0.379 e. The van der Waals surface area contributed by atoms with Crippen molar-refractivity contribution in [1.82, 2.24) is 10.3 Å². The summed E-state index contributed by atoms with van der Waals surface area (Å²) in [6.45, 7) is 7.85. The maximum atomic E-state index is 14.4. The molecule has 1 fully saturated rings. The lowest BCUT2D eigenvalue weighted by atomic mass is 9.87. The smallest absolute Gasteiger partial charge is 0.261 e. The van der Waals surface area contributed by atoms with Crippen LogP contribution in [0.15, 0.2) is 46.4 Å². The Labute approximate surface area is 199 Å². The van der Waals surface area contributed by atoms with E-state index in [9.17, 15) is 12.8 Å². The summed E-state index contributed by atoms with van der Waals surface area (Å²) in [5, 5.41) is 4.24. The lowest BCUT2D eigenvalue weighted by molar-refractivity contribution is 0.0429. The largest absolute Gasteiger partial charge is 0.379 e. The molecule has 2 aromatic rings. The van der Waals surface area contributed by atoms with Gasteiger partial charge < -0.3 is 9.64 Å². The van der Waals surface area contributed by atoms with E-state index in [1.807, 2.05) is 4.90 Å². The van der Waals surface area contributed by atoms with Crippen LogP contribution in [-0.4, -0.2) is 45.1 Å². The number of ether oxygens (including phenoxy) is 1. The van der Waals surface area contributed by atoms with Crippen molar-refractivity contribution in [2.45, 2.75) is 50.0 Å². The van der Waals surface area contributed by atoms with E-state index < -0.39 is 15.8 Å². The zero-order valence-electron chi connectivity index (χ0n) is 18.9. The van der Waals surface area contributed by atoms with Gasteiger partial charge >= 0.3 is 0 Å². The fraction of sp³-hybridized carbons (Fsp3) is 0.435. The van der Waals surface area contributed by atoms with E-state index >= 15 is 0 Å². The number of hydrogen-bond donors (Lipinski definition) is 2.